The van der Waals surface area contributed by atoms with Crippen LogP contribution in [0.25, 0.3) is 10.9 Å². The second-order valence-electron chi connectivity index (χ2n) is 3.99. The minimum absolute atomic E-state index is 0.220. The van der Waals surface area contributed by atoms with Gasteiger partial charge in [0, 0.05) is 17.6 Å². The molecule has 1 aromatic carbocycles. The summed E-state index contributed by atoms with van der Waals surface area (Å²) in [6.07, 6.45) is 1.16. The van der Waals surface area contributed by atoms with Gasteiger partial charge >= 0.3 is 6.09 Å². The van der Waals surface area contributed by atoms with Crippen LogP contribution in [-0.2, 0) is 4.74 Å². The predicted molar refractivity (Wildman–Crippen MR) is 62.8 cm³/mol. The lowest BCUT2D eigenvalue weighted by Gasteiger charge is -2.12. The number of carbonyl (C=O) groups excluding carboxylic acids is 1. The Hall–Kier alpha value is -2.08. The maximum atomic E-state index is 11.6. The first-order valence-electron chi connectivity index (χ1n) is 5.39. The molecule has 0 bridgehead atoms. The van der Waals surface area contributed by atoms with Gasteiger partial charge in [0.25, 0.3) is 0 Å². The van der Waals surface area contributed by atoms with Crippen LogP contribution in [0.1, 0.15) is 0 Å². The average molecular weight is 232 g/mol. The van der Waals surface area contributed by atoms with E-state index in [-0.39, 0.29) is 12.2 Å². The third-order valence-electron chi connectivity index (χ3n) is 2.87. The quantitative estimate of drug-likeness (QED) is 0.803. The number of H-pyrrole nitrogens is 1. The summed E-state index contributed by atoms with van der Waals surface area (Å²) >= 11 is 0. The highest BCUT2D eigenvalue weighted by atomic mass is 16.6. The van der Waals surface area contributed by atoms with E-state index in [0.717, 1.165) is 16.6 Å². The number of nitrogens with two attached hydrogens (primary N) is 1. The molecule has 1 saturated heterocycles. The average Bonchev–Trinajstić information content (AvgIpc) is 2.93. The van der Waals surface area contributed by atoms with E-state index < -0.39 is 0 Å². The Morgan fingerprint density at radius 1 is 1.59 bits per heavy atom. The molecule has 0 spiro atoms. The van der Waals surface area contributed by atoms with E-state index >= 15 is 0 Å². The number of aromatic amines is 1. The maximum absolute atomic E-state index is 11.6. The molecule has 1 aliphatic heterocycles. The molecule has 3 rings (SSSR count). The molecule has 0 aliphatic carbocycles. The first-order chi connectivity index (χ1) is 8.28. The van der Waals surface area contributed by atoms with Gasteiger partial charge in [-0.05, 0) is 18.2 Å². The monoisotopic (exact) mass is 232 g/mol. The van der Waals surface area contributed by atoms with Crippen molar-refractivity contribution < 1.29 is 9.53 Å². The molecular weight excluding hydrogens is 220 g/mol. The van der Waals surface area contributed by atoms with E-state index in [1.54, 1.807) is 11.1 Å². The lowest BCUT2D eigenvalue weighted by atomic mass is 10.2. The lowest BCUT2D eigenvalue weighted by molar-refractivity contribution is 0.145. The molecule has 0 saturated carbocycles. The van der Waals surface area contributed by atoms with E-state index in [1.165, 1.54) is 0 Å². The van der Waals surface area contributed by atoms with Crippen LogP contribution in [0, 0.1) is 0 Å². The van der Waals surface area contributed by atoms with Crippen LogP contribution in [0.4, 0.5) is 10.5 Å². The minimum Gasteiger partial charge on any atom is -0.443 e. The predicted octanol–water partition coefficient (Wildman–Crippen LogP) is 0.847. The number of hydrogen-bond donors (Lipinski definition) is 2. The number of carbonyl (C=O) groups is 1. The highest BCUT2D eigenvalue weighted by Crippen LogP contribution is 2.24. The second kappa shape index (κ2) is 3.74. The van der Waals surface area contributed by atoms with Crippen LogP contribution >= 0.6 is 0 Å². The maximum Gasteiger partial charge on any atom is 0.414 e. The zero-order chi connectivity index (χ0) is 11.8. The van der Waals surface area contributed by atoms with Gasteiger partial charge in [-0.1, -0.05) is 0 Å². The Labute approximate surface area is 97.3 Å². The van der Waals surface area contributed by atoms with Gasteiger partial charge in [-0.25, -0.2) is 4.79 Å². The number of aromatic nitrogens is 2. The molecule has 17 heavy (non-hydrogen) atoms. The summed E-state index contributed by atoms with van der Waals surface area (Å²) in [5, 5.41) is 7.77. The number of benzene rings is 1. The summed E-state index contributed by atoms with van der Waals surface area (Å²) in [5.41, 5.74) is 7.24. The Morgan fingerprint density at radius 2 is 2.47 bits per heavy atom. The summed E-state index contributed by atoms with van der Waals surface area (Å²) in [4.78, 5) is 13.2. The summed E-state index contributed by atoms with van der Waals surface area (Å²) in [6, 6.07) is 5.65. The van der Waals surface area contributed by atoms with Gasteiger partial charge in [-0.15, -0.1) is 0 Å². The van der Waals surface area contributed by atoms with E-state index in [0.29, 0.717) is 13.1 Å². The molecule has 1 fully saturated rings. The molecule has 2 aromatic rings. The molecule has 3 N–H and O–H groups in total. The number of nitrogens with one attached hydrogen (secondary N) is 1. The molecular formula is C11H12N4O2. The number of ether oxygens (including phenoxy) is 1. The van der Waals surface area contributed by atoms with Gasteiger partial charge in [0.05, 0.1) is 18.3 Å². The van der Waals surface area contributed by atoms with Gasteiger partial charge in [0.2, 0.25) is 0 Å². The molecule has 0 radical (unpaired) electrons. The fourth-order valence-electron chi connectivity index (χ4n) is 1.95. The molecule has 1 atom stereocenters. The third kappa shape index (κ3) is 1.62. The van der Waals surface area contributed by atoms with Crippen molar-refractivity contribution in [1.29, 1.82) is 0 Å². The fraction of sp³-hybridized carbons (Fsp3) is 0.273. The number of anilines is 1. The van der Waals surface area contributed by atoms with Gasteiger partial charge in [-0.2, -0.15) is 5.10 Å². The summed E-state index contributed by atoms with van der Waals surface area (Å²) in [7, 11) is 0. The standard InChI is InChI=1S/C11H12N4O2/c12-4-9-6-15(11(16)17-9)8-1-2-10-7(3-8)5-13-14-10/h1-3,5,9H,4,6,12H2,(H,13,14). The number of fused-ring (bicyclic) bond motifs is 1. The Morgan fingerprint density at radius 3 is 3.24 bits per heavy atom. The second-order valence-corrected chi connectivity index (χ2v) is 3.99. The number of rotatable bonds is 2. The first-order valence-corrected chi connectivity index (χ1v) is 5.39. The van der Waals surface area contributed by atoms with Crippen molar-refractivity contribution in [1.82, 2.24) is 10.2 Å². The summed E-state index contributed by atoms with van der Waals surface area (Å²) in [5.74, 6) is 0. The van der Waals surface area contributed by atoms with Crippen molar-refractivity contribution in [3.05, 3.63) is 24.4 Å². The minimum atomic E-state index is -0.344. The Balaban J connectivity index is 1.95. The van der Waals surface area contributed by atoms with E-state index in [2.05, 4.69) is 10.2 Å². The molecule has 1 unspecified atom stereocenters. The fourth-order valence-corrected chi connectivity index (χ4v) is 1.95. The lowest BCUT2D eigenvalue weighted by Crippen LogP contribution is -2.27. The zero-order valence-corrected chi connectivity index (χ0v) is 9.09. The van der Waals surface area contributed by atoms with E-state index in [1.807, 2.05) is 18.2 Å². The van der Waals surface area contributed by atoms with Gasteiger partial charge in [0.15, 0.2) is 0 Å². The van der Waals surface area contributed by atoms with Crippen molar-refractivity contribution in [3.8, 4) is 0 Å². The first kappa shape index (κ1) is 10.1. The van der Waals surface area contributed by atoms with Crippen LogP contribution in [0.3, 0.4) is 0 Å². The molecule has 6 heteroatoms. The molecule has 1 amide bonds. The number of amides is 1. The van der Waals surface area contributed by atoms with Gasteiger partial charge in [0.1, 0.15) is 6.10 Å². The highest BCUT2D eigenvalue weighted by Gasteiger charge is 2.31. The SMILES string of the molecule is NCC1CN(c2ccc3[nH]ncc3c2)C(=O)O1. The van der Waals surface area contributed by atoms with Crippen LogP contribution < -0.4 is 10.6 Å². The van der Waals surface area contributed by atoms with Gasteiger partial charge in [-0.3, -0.25) is 10.00 Å². The Kier molecular flexibility index (Phi) is 2.22. The van der Waals surface area contributed by atoms with Crippen molar-refractivity contribution in [3.63, 3.8) is 0 Å². The van der Waals surface area contributed by atoms with Crippen LogP contribution in [-0.4, -0.2) is 35.5 Å². The van der Waals surface area contributed by atoms with Gasteiger partial charge < -0.3 is 10.5 Å². The molecule has 1 aromatic heterocycles. The van der Waals surface area contributed by atoms with E-state index in [4.69, 9.17) is 10.5 Å². The summed E-state index contributed by atoms with van der Waals surface area (Å²) in [6.45, 7) is 0.842. The van der Waals surface area contributed by atoms with Crippen LogP contribution in [0.2, 0.25) is 0 Å². The third-order valence-corrected chi connectivity index (χ3v) is 2.87. The number of hydrogen-bond acceptors (Lipinski definition) is 4. The van der Waals surface area contributed by atoms with E-state index in [9.17, 15) is 4.79 Å². The topological polar surface area (TPSA) is 84.2 Å². The van der Waals surface area contributed by atoms with Crippen LogP contribution in [0.5, 0.6) is 0 Å². The zero-order valence-electron chi connectivity index (χ0n) is 9.09. The molecule has 2 heterocycles. The van der Waals surface area contributed by atoms with Crippen molar-refractivity contribution in [2.75, 3.05) is 18.0 Å². The Bertz CT molecular complexity index is 565. The highest BCUT2D eigenvalue weighted by molar-refractivity contribution is 5.93. The molecule has 6 nitrogen and oxygen atoms in total. The van der Waals surface area contributed by atoms with Crippen molar-refractivity contribution in [2.24, 2.45) is 5.73 Å². The summed E-state index contributed by atoms with van der Waals surface area (Å²) < 4.78 is 5.11. The number of nitrogens with zero attached hydrogens (tertiary/aromatic N) is 2. The number of cyclic esters (lactones) is 1. The van der Waals surface area contributed by atoms with Crippen LogP contribution in [0.15, 0.2) is 24.4 Å². The molecule has 1 aliphatic rings. The van der Waals surface area contributed by atoms with Crippen molar-refractivity contribution in [2.45, 2.75) is 6.10 Å². The largest absolute Gasteiger partial charge is 0.443 e. The normalized spacial score (nSPS) is 19.9. The van der Waals surface area contributed by atoms with Crippen molar-refractivity contribution >= 4 is 22.7 Å². The smallest absolute Gasteiger partial charge is 0.414 e. The molecule has 88 valence electrons.